The van der Waals surface area contributed by atoms with Gasteiger partial charge < -0.3 is 0 Å². The molecule has 0 radical (unpaired) electrons. The summed E-state index contributed by atoms with van der Waals surface area (Å²) >= 11 is 6.03. The van der Waals surface area contributed by atoms with Crippen LogP contribution in [0.4, 0.5) is 0 Å². The van der Waals surface area contributed by atoms with E-state index in [1.807, 2.05) is 6.07 Å². The maximum absolute atomic E-state index is 12.4. The Bertz CT molecular complexity index is 682. The van der Waals surface area contributed by atoms with Gasteiger partial charge in [-0.3, -0.25) is 5.10 Å². The van der Waals surface area contributed by atoms with Crippen LogP contribution in [0.1, 0.15) is 11.3 Å². The van der Waals surface area contributed by atoms with Crippen molar-refractivity contribution in [3.63, 3.8) is 0 Å². The SMILES string of the molecule is Cc1[nH]ncc1S(=O)(=O)N(C)Cc1ccccc1Cl. The number of nitrogens with one attached hydrogen (secondary N) is 1. The van der Waals surface area contributed by atoms with E-state index in [0.29, 0.717) is 10.7 Å². The lowest BCUT2D eigenvalue weighted by Gasteiger charge is -2.17. The zero-order valence-corrected chi connectivity index (χ0v) is 12.2. The van der Waals surface area contributed by atoms with Gasteiger partial charge in [-0.25, -0.2) is 8.42 Å². The Balaban J connectivity index is 2.28. The monoisotopic (exact) mass is 299 g/mol. The molecule has 5 nitrogen and oxygen atoms in total. The first kappa shape index (κ1) is 14.0. The number of hydrogen-bond acceptors (Lipinski definition) is 3. The smallest absolute Gasteiger partial charge is 0.246 e. The second-order valence-electron chi connectivity index (χ2n) is 4.21. The average molecular weight is 300 g/mol. The Hall–Kier alpha value is -1.37. The third-order valence-electron chi connectivity index (χ3n) is 2.82. The van der Waals surface area contributed by atoms with Crippen LogP contribution in [0.25, 0.3) is 0 Å². The van der Waals surface area contributed by atoms with Gasteiger partial charge in [0.15, 0.2) is 0 Å². The lowest BCUT2D eigenvalue weighted by atomic mass is 10.2. The number of benzene rings is 1. The first-order chi connectivity index (χ1) is 8.93. The number of sulfonamides is 1. The predicted octanol–water partition coefficient (Wildman–Crippen LogP) is 2.19. The number of nitrogens with zero attached hydrogens (tertiary/aromatic N) is 2. The summed E-state index contributed by atoms with van der Waals surface area (Å²) in [6, 6.07) is 7.17. The van der Waals surface area contributed by atoms with Crippen LogP contribution in [0.5, 0.6) is 0 Å². The molecule has 1 N–H and O–H groups in total. The van der Waals surface area contributed by atoms with Crippen LogP contribution in [0.2, 0.25) is 5.02 Å². The normalized spacial score (nSPS) is 12.0. The van der Waals surface area contributed by atoms with Crippen LogP contribution < -0.4 is 0 Å². The fraction of sp³-hybridized carbons (Fsp3) is 0.250. The lowest BCUT2D eigenvalue weighted by molar-refractivity contribution is 0.466. The van der Waals surface area contributed by atoms with E-state index in [1.54, 1.807) is 25.1 Å². The van der Waals surface area contributed by atoms with Gasteiger partial charge in [0.05, 0.1) is 11.9 Å². The van der Waals surface area contributed by atoms with Crippen molar-refractivity contribution in [1.82, 2.24) is 14.5 Å². The number of halogens is 1. The van der Waals surface area contributed by atoms with E-state index in [4.69, 9.17) is 11.6 Å². The molecule has 0 aliphatic carbocycles. The number of H-pyrrole nitrogens is 1. The molecule has 2 aromatic rings. The van der Waals surface area contributed by atoms with Gasteiger partial charge in [-0.2, -0.15) is 9.40 Å². The summed E-state index contributed by atoms with van der Waals surface area (Å²) in [6.07, 6.45) is 1.31. The summed E-state index contributed by atoms with van der Waals surface area (Å²) in [4.78, 5) is 0.182. The van der Waals surface area contributed by atoms with Crippen molar-refractivity contribution < 1.29 is 8.42 Å². The van der Waals surface area contributed by atoms with Gasteiger partial charge in [0, 0.05) is 18.6 Å². The molecular formula is C12H14ClN3O2S. The van der Waals surface area contributed by atoms with Crippen molar-refractivity contribution in [1.29, 1.82) is 0 Å². The van der Waals surface area contributed by atoms with Crippen LogP contribution in [0.15, 0.2) is 35.4 Å². The molecule has 0 saturated heterocycles. The fourth-order valence-electron chi connectivity index (χ4n) is 1.72. The lowest BCUT2D eigenvalue weighted by Crippen LogP contribution is -2.26. The second-order valence-corrected chi connectivity index (χ2v) is 6.63. The molecule has 1 aromatic carbocycles. The summed E-state index contributed by atoms with van der Waals surface area (Å²) in [5.41, 5.74) is 1.28. The van der Waals surface area contributed by atoms with E-state index in [1.165, 1.54) is 17.5 Å². The zero-order chi connectivity index (χ0) is 14.0. The maximum Gasteiger partial charge on any atom is 0.246 e. The van der Waals surface area contributed by atoms with Crippen molar-refractivity contribution in [2.45, 2.75) is 18.4 Å². The molecule has 0 spiro atoms. The highest BCUT2D eigenvalue weighted by Crippen LogP contribution is 2.21. The summed E-state index contributed by atoms with van der Waals surface area (Å²) in [7, 11) is -2.04. The predicted molar refractivity (Wildman–Crippen MR) is 73.4 cm³/mol. The van der Waals surface area contributed by atoms with Crippen LogP contribution in [0, 0.1) is 6.92 Å². The molecule has 0 amide bonds. The fourth-order valence-corrected chi connectivity index (χ4v) is 3.18. The van der Waals surface area contributed by atoms with E-state index in [-0.39, 0.29) is 11.4 Å². The Labute approximate surface area is 117 Å². The summed E-state index contributed by atoms with van der Waals surface area (Å²) in [5, 5.41) is 6.91. The first-order valence-corrected chi connectivity index (χ1v) is 7.44. The molecule has 2 rings (SSSR count). The second kappa shape index (κ2) is 5.32. The molecule has 1 heterocycles. The zero-order valence-electron chi connectivity index (χ0n) is 10.6. The number of rotatable bonds is 4. The molecule has 0 atom stereocenters. The van der Waals surface area contributed by atoms with Gasteiger partial charge in [-0.05, 0) is 18.6 Å². The topological polar surface area (TPSA) is 66.1 Å². The number of aromatic nitrogens is 2. The van der Waals surface area contributed by atoms with Gasteiger partial charge in [-0.15, -0.1) is 0 Å². The summed E-state index contributed by atoms with van der Waals surface area (Å²) in [6.45, 7) is 1.88. The van der Waals surface area contributed by atoms with E-state index in [0.717, 1.165) is 5.56 Å². The summed E-state index contributed by atoms with van der Waals surface area (Å²) in [5.74, 6) is 0. The van der Waals surface area contributed by atoms with Crippen LogP contribution >= 0.6 is 11.6 Å². The molecule has 0 aliphatic heterocycles. The molecule has 0 aliphatic rings. The van der Waals surface area contributed by atoms with E-state index in [9.17, 15) is 8.42 Å². The van der Waals surface area contributed by atoms with Crippen LogP contribution in [-0.4, -0.2) is 30.0 Å². The van der Waals surface area contributed by atoms with Gasteiger partial charge in [-0.1, -0.05) is 29.8 Å². The Morgan fingerprint density at radius 3 is 2.63 bits per heavy atom. The molecule has 0 saturated carbocycles. The molecule has 7 heteroatoms. The van der Waals surface area contributed by atoms with E-state index >= 15 is 0 Å². The Morgan fingerprint density at radius 2 is 2.05 bits per heavy atom. The van der Waals surface area contributed by atoms with Gasteiger partial charge in [0.1, 0.15) is 4.90 Å². The highest BCUT2D eigenvalue weighted by Gasteiger charge is 2.24. The number of aromatic amines is 1. The quantitative estimate of drug-likeness (QED) is 0.941. The Morgan fingerprint density at radius 1 is 1.37 bits per heavy atom. The molecule has 0 fully saturated rings. The van der Waals surface area contributed by atoms with Crippen LogP contribution in [0.3, 0.4) is 0 Å². The molecule has 102 valence electrons. The highest BCUT2D eigenvalue weighted by molar-refractivity contribution is 7.89. The van der Waals surface area contributed by atoms with Crippen molar-refractivity contribution in [2.24, 2.45) is 0 Å². The van der Waals surface area contributed by atoms with Crippen molar-refractivity contribution in [3.8, 4) is 0 Å². The van der Waals surface area contributed by atoms with Crippen molar-refractivity contribution in [2.75, 3.05) is 7.05 Å². The molecular weight excluding hydrogens is 286 g/mol. The highest BCUT2D eigenvalue weighted by atomic mass is 35.5. The largest absolute Gasteiger partial charge is 0.281 e. The molecule has 1 aromatic heterocycles. The van der Waals surface area contributed by atoms with E-state index in [2.05, 4.69) is 10.2 Å². The van der Waals surface area contributed by atoms with Gasteiger partial charge in [0.25, 0.3) is 0 Å². The van der Waals surface area contributed by atoms with E-state index < -0.39 is 10.0 Å². The van der Waals surface area contributed by atoms with Gasteiger partial charge >= 0.3 is 0 Å². The minimum absolute atomic E-state index is 0.182. The Kier molecular flexibility index (Phi) is 3.93. The van der Waals surface area contributed by atoms with Crippen molar-refractivity contribution >= 4 is 21.6 Å². The first-order valence-electron chi connectivity index (χ1n) is 5.62. The molecule has 0 unspecified atom stereocenters. The molecule has 19 heavy (non-hydrogen) atoms. The van der Waals surface area contributed by atoms with Crippen molar-refractivity contribution in [3.05, 3.63) is 46.7 Å². The molecule has 0 bridgehead atoms. The maximum atomic E-state index is 12.4. The summed E-state index contributed by atoms with van der Waals surface area (Å²) < 4.78 is 26.0. The standard InChI is InChI=1S/C12H14ClN3O2S/c1-9-12(7-14-15-9)19(17,18)16(2)8-10-5-3-4-6-11(10)13/h3-7H,8H2,1-2H3,(H,14,15). The average Bonchev–Trinajstić information content (AvgIpc) is 2.79. The third kappa shape index (κ3) is 2.80. The third-order valence-corrected chi connectivity index (χ3v) is 5.11. The minimum atomic E-state index is -3.56. The van der Waals surface area contributed by atoms with Gasteiger partial charge in [0.2, 0.25) is 10.0 Å². The number of aryl methyl sites for hydroxylation is 1. The van der Waals surface area contributed by atoms with Crippen LogP contribution in [-0.2, 0) is 16.6 Å². The number of hydrogen-bond donors (Lipinski definition) is 1. The minimum Gasteiger partial charge on any atom is -0.281 e.